The SMILES string of the molecule is CC1(C)CC(OC(=O)c2ncc(C3CCC(C(=O)OC4CC(C)(C)NC(C)(C)C4)CC3)cn2)CC(C)(C)N1. The summed E-state index contributed by atoms with van der Waals surface area (Å²) in [7, 11) is 0. The van der Waals surface area contributed by atoms with Crippen LogP contribution in [-0.2, 0) is 14.3 Å². The molecule has 2 aliphatic heterocycles. The summed E-state index contributed by atoms with van der Waals surface area (Å²) in [5.41, 5.74) is 0.694. The van der Waals surface area contributed by atoms with Crippen LogP contribution >= 0.6 is 0 Å². The maximum absolute atomic E-state index is 13.0. The molecule has 38 heavy (non-hydrogen) atoms. The third-order valence-corrected chi connectivity index (χ3v) is 8.25. The van der Waals surface area contributed by atoms with Crippen LogP contribution in [0.2, 0.25) is 0 Å². The Labute approximate surface area is 228 Å². The van der Waals surface area contributed by atoms with Crippen LogP contribution in [0.4, 0.5) is 0 Å². The first-order chi connectivity index (χ1) is 17.5. The molecule has 2 N–H and O–H groups in total. The van der Waals surface area contributed by atoms with Crippen molar-refractivity contribution in [2.45, 2.75) is 147 Å². The van der Waals surface area contributed by atoms with Crippen LogP contribution in [0, 0.1) is 5.92 Å². The first-order valence-corrected chi connectivity index (χ1v) is 14.3. The summed E-state index contributed by atoms with van der Waals surface area (Å²) in [6.45, 7) is 17.2. The van der Waals surface area contributed by atoms with Gasteiger partial charge >= 0.3 is 11.9 Å². The molecule has 3 aliphatic rings. The molecule has 8 nitrogen and oxygen atoms in total. The predicted molar refractivity (Wildman–Crippen MR) is 147 cm³/mol. The first kappa shape index (κ1) is 28.9. The maximum atomic E-state index is 13.0. The molecule has 212 valence electrons. The minimum Gasteiger partial charge on any atom is -0.462 e. The van der Waals surface area contributed by atoms with Crippen molar-refractivity contribution in [3.63, 3.8) is 0 Å². The zero-order valence-electron chi connectivity index (χ0n) is 24.6. The Bertz CT molecular complexity index is 978. The number of hydrogen-bond donors (Lipinski definition) is 2. The Morgan fingerprint density at radius 1 is 0.711 bits per heavy atom. The summed E-state index contributed by atoms with van der Waals surface area (Å²) in [5, 5.41) is 7.24. The van der Waals surface area contributed by atoms with Crippen LogP contribution in [0.25, 0.3) is 0 Å². The first-order valence-electron chi connectivity index (χ1n) is 14.3. The van der Waals surface area contributed by atoms with Gasteiger partial charge in [0, 0.05) is 60.2 Å². The van der Waals surface area contributed by atoms with Gasteiger partial charge in [-0.25, -0.2) is 14.8 Å². The second-order valence-electron chi connectivity index (χ2n) is 14.6. The molecule has 0 atom stereocenters. The van der Waals surface area contributed by atoms with Crippen LogP contribution in [-0.4, -0.2) is 56.3 Å². The molecule has 0 radical (unpaired) electrons. The predicted octanol–water partition coefficient (Wildman–Crippen LogP) is 5.07. The molecule has 0 aromatic carbocycles. The molecule has 0 unspecified atom stereocenters. The fraction of sp³-hybridized carbons (Fsp3) is 0.800. The zero-order chi connectivity index (χ0) is 27.9. The summed E-state index contributed by atoms with van der Waals surface area (Å²) in [5.74, 6) is -0.188. The number of carbonyl (C=O) groups excluding carboxylic acids is 2. The number of nitrogens with one attached hydrogen (secondary N) is 2. The largest absolute Gasteiger partial charge is 0.462 e. The Hall–Kier alpha value is -2.06. The number of rotatable bonds is 5. The monoisotopic (exact) mass is 528 g/mol. The maximum Gasteiger partial charge on any atom is 0.376 e. The van der Waals surface area contributed by atoms with Gasteiger partial charge in [0.1, 0.15) is 12.2 Å². The number of ether oxygens (including phenoxy) is 2. The molecule has 8 heteroatoms. The fourth-order valence-electron chi connectivity index (χ4n) is 7.41. The lowest BCUT2D eigenvalue weighted by molar-refractivity contribution is -0.159. The van der Waals surface area contributed by atoms with E-state index in [9.17, 15) is 9.59 Å². The van der Waals surface area contributed by atoms with E-state index in [1.165, 1.54) is 0 Å². The minimum atomic E-state index is -0.467. The third kappa shape index (κ3) is 7.53. The van der Waals surface area contributed by atoms with Crippen LogP contribution in [0.3, 0.4) is 0 Å². The van der Waals surface area contributed by atoms with Crippen molar-refractivity contribution in [1.29, 1.82) is 0 Å². The van der Waals surface area contributed by atoms with E-state index in [1.807, 2.05) is 0 Å². The average Bonchev–Trinajstić information content (AvgIpc) is 2.75. The Morgan fingerprint density at radius 2 is 1.13 bits per heavy atom. The molecular formula is C30H48N4O4. The molecule has 2 saturated heterocycles. The van der Waals surface area contributed by atoms with E-state index in [2.05, 4.69) is 76.0 Å². The molecule has 1 aromatic rings. The van der Waals surface area contributed by atoms with Gasteiger partial charge in [-0.2, -0.15) is 0 Å². The van der Waals surface area contributed by atoms with Gasteiger partial charge < -0.3 is 20.1 Å². The highest BCUT2D eigenvalue weighted by Crippen LogP contribution is 2.37. The summed E-state index contributed by atoms with van der Waals surface area (Å²) >= 11 is 0. The van der Waals surface area contributed by atoms with E-state index < -0.39 is 5.97 Å². The molecule has 0 spiro atoms. The van der Waals surface area contributed by atoms with Crippen molar-refractivity contribution < 1.29 is 19.1 Å². The number of hydrogen-bond acceptors (Lipinski definition) is 8. The average molecular weight is 529 g/mol. The lowest BCUT2D eigenvalue weighted by atomic mass is 9.79. The summed E-state index contributed by atoms with van der Waals surface area (Å²) in [4.78, 5) is 34.4. The highest BCUT2D eigenvalue weighted by molar-refractivity contribution is 5.85. The van der Waals surface area contributed by atoms with Gasteiger partial charge in [0.05, 0.1) is 5.92 Å². The van der Waals surface area contributed by atoms with Gasteiger partial charge in [0.2, 0.25) is 5.82 Å². The van der Waals surface area contributed by atoms with Gasteiger partial charge in [-0.1, -0.05) is 0 Å². The van der Waals surface area contributed by atoms with E-state index in [0.717, 1.165) is 56.9 Å². The fourth-order valence-corrected chi connectivity index (χ4v) is 7.41. The van der Waals surface area contributed by atoms with Gasteiger partial charge in [-0.15, -0.1) is 0 Å². The molecular weight excluding hydrogens is 480 g/mol. The highest BCUT2D eigenvalue weighted by Gasteiger charge is 2.41. The molecule has 3 fully saturated rings. The number of aromatic nitrogens is 2. The summed E-state index contributed by atoms with van der Waals surface area (Å²) in [6.07, 6.45) is 9.81. The Kier molecular flexibility index (Phi) is 7.99. The molecule has 0 bridgehead atoms. The van der Waals surface area contributed by atoms with E-state index >= 15 is 0 Å². The number of esters is 2. The van der Waals surface area contributed by atoms with Crippen LogP contribution < -0.4 is 10.6 Å². The van der Waals surface area contributed by atoms with Crippen molar-refractivity contribution in [2.75, 3.05) is 0 Å². The van der Waals surface area contributed by atoms with E-state index in [4.69, 9.17) is 9.47 Å². The number of nitrogens with zero attached hydrogens (tertiary/aromatic N) is 2. The van der Waals surface area contributed by atoms with Crippen molar-refractivity contribution >= 4 is 11.9 Å². The quantitative estimate of drug-likeness (QED) is 0.511. The normalized spacial score (nSPS) is 28.8. The van der Waals surface area contributed by atoms with E-state index in [1.54, 1.807) is 12.4 Å². The van der Waals surface area contributed by atoms with E-state index in [0.29, 0.717) is 0 Å². The standard InChI is InChI=1S/C30H48N4O4/c1-27(2)13-22(14-28(3,4)33-27)37-25(35)20-11-9-19(10-12-20)21-17-31-24(32-18-21)26(36)38-23-15-29(5,6)34-30(7,8)16-23/h17-20,22-23,33-34H,9-16H2,1-8H3. The van der Waals surface area contributed by atoms with Gasteiger partial charge in [-0.05, 0) is 92.6 Å². The summed E-state index contributed by atoms with van der Waals surface area (Å²) in [6, 6.07) is 0. The van der Waals surface area contributed by atoms with Gasteiger partial charge in [-0.3, -0.25) is 4.79 Å². The minimum absolute atomic E-state index is 0.0470. The number of piperidine rings is 2. The smallest absolute Gasteiger partial charge is 0.376 e. The second kappa shape index (κ2) is 10.5. The Balaban J connectivity index is 1.27. The number of carbonyl (C=O) groups is 2. The topological polar surface area (TPSA) is 102 Å². The van der Waals surface area contributed by atoms with Gasteiger partial charge in [0.15, 0.2) is 0 Å². The van der Waals surface area contributed by atoms with Crippen molar-refractivity contribution in [1.82, 2.24) is 20.6 Å². The zero-order valence-corrected chi connectivity index (χ0v) is 24.6. The van der Waals surface area contributed by atoms with Crippen molar-refractivity contribution in [2.24, 2.45) is 5.92 Å². The molecule has 1 aliphatic carbocycles. The molecule has 4 rings (SSSR count). The third-order valence-electron chi connectivity index (χ3n) is 8.25. The lowest BCUT2D eigenvalue weighted by Gasteiger charge is -2.46. The van der Waals surface area contributed by atoms with Crippen molar-refractivity contribution in [3.05, 3.63) is 23.8 Å². The van der Waals surface area contributed by atoms with Crippen LogP contribution in [0.15, 0.2) is 12.4 Å². The lowest BCUT2D eigenvalue weighted by Crippen LogP contribution is -2.59. The van der Waals surface area contributed by atoms with Crippen molar-refractivity contribution in [3.8, 4) is 0 Å². The molecule has 0 amide bonds. The second-order valence-corrected chi connectivity index (χ2v) is 14.6. The molecule has 1 saturated carbocycles. The summed E-state index contributed by atoms with van der Waals surface area (Å²) < 4.78 is 11.8. The van der Waals surface area contributed by atoms with Gasteiger partial charge in [0.25, 0.3) is 0 Å². The molecule has 3 heterocycles. The van der Waals surface area contributed by atoms with E-state index in [-0.39, 0.29) is 58.0 Å². The highest BCUT2D eigenvalue weighted by atomic mass is 16.5. The molecule has 1 aromatic heterocycles. The van der Waals surface area contributed by atoms with Crippen LogP contribution in [0.1, 0.15) is 129 Å². The van der Waals surface area contributed by atoms with Crippen LogP contribution in [0.5, 0.6) is 0 Å². The Morgan fingerprint density at radius 3 is 1.58 bits per heavy atom.